The molecule has 0 atom stereocenters. The molecule has 3 rings (SSSR count). The molecule has 1 aliphatic rings. The van der Waals surface area contributed by atoms with E-state index < -0.39 is 0 Å². The van der Waals surface area contributed by atoms with Crippen LogP contribution in [0.4, 0.5) is 5.82 Å². The van der Waals surface area contributed by atoms with Crippen molar-refractivity contribution in [2.45, 2.75) is 13.1 Å². The minimum absolute atomic E-state index is 0. The van der Waals surface area contributed by atoms with Crippen molar-refractivity contribution in [1.82, 2.24) is 20.5 Å². The summed E-state index contributed by atoms with van der Waals surface area (Å²) >= 11 is 0. The molecule has 8 nitrogen and oxygen atoms in total. The number of carbonyl (C=O) groups excluding carboxylic acids is 1. The average molecular weight is 538 g/mol. The lowest BCUT2D eigenvalue weighted by molar-refractivity contribution is 0.0827. The van der Waals surface area contributed by atoms with Crippen molar-refractivity contribution in [3.05, 3.63) is 59.3 Å². The van der Waals surface area contributed by atoms with Gasteiger partial charge in [0, 0.05) is 64.6 Å². The van der Waals surface area contributed by atoms with Gasteiger partial charge in [-0.1, -0.05) is 18.2 Å². The third kappa shape index (κ3) is 7.06. The van der Waals surface area contributed by atoms with E-state index in [2.05, 4.69) is 31.6 Å². The maximum atomic E-state index is 12.0. The minimum Gasteiger partial charge on any atom is -0.378 e. The number of pyridine rings is 1. The number of hydrogen-bond acceptors (Lipinski definition) is 5. The number of benzene rings is 1. The van der Waals surface area contributed by atoms with Gasteiger partial charge in [0.25, 0.3) is 5.91 Å². The minimum atomic E-state index is -0.000437. The van der Waals surface area contributed by atoms with Crippen molar-refractivity contribution in [1.29, 1.82) is 0 Å². The molecule has 1 aliphatic heterocycles. The summed E-state index contributed by atoms with van der Waals surface area (Å²) in [6.07, 6.45) is 1.83. The molecule has 2 aromatic rings. The molecule has 168 valence electrons. The van der Waals surface area contributed by atoms with E-state index >= 15 is 0 Å². The first-order valence-electron chi connectivity index (χ1n) is 10.1. The number of morpholine rings is 1. The van der Waals surface area contributed by atoms with Gasteiger partial charge in [0.2, 0.25) is 0 Å². The van der Waals surface area contributed by atoms with E-state index in [1.165, 1.54) is 0 Å². The fraction of sp³-hybridized carbons (Fsp3) is 0.409. The Balaban J connectivity index is 0.00000341. The summed E-state index contributed by atoms with van der Waals surface area (Å²) < 4.78 is 5.45. The molecule has 1 aromatic carbocycles. The Morgan fingerprint density at radius 3 is 2.45 bits per heavy atom. The molecule has 9 heteroatoms. The van der Waals surface area contributed by atoms with Crippen LogP contribution in [0.1, 0.15) is 21.5 Å². The van der Waals surface area contributed by atoms with Gasteiger partial charge in [-0.25, -0.2) is 4.98 Å². The molecule has 31 heavy (non-hydrogen) atoms. The fourth-order valence-corrected chi connectivity index (χ4v) is 3.24. The third-order valence-electron chi connectivity index (χ3n) is 4.92. The van der Waals surface area contributed by atoms with Crippen molar-refractivity contribution in [3.8, 4) is 0 Å². The van der Waals surface area contributed by atoms with Crippen LogP contribution in [0.2, 0.25) is 0 Å². The van der Waals surface area contributed by atoms with Gasteiger partial charge in [0.05, 0.1) is 13.2 Å². The van der Waals surface area contributed by atoms with Crippen molar-refractivity contribution >= 4 is 41.7 Å². The van der Waals surface area contributed by atoms with Crippen molar-refractivity contribution < 1.29 is 9.53 Å². The first-order valence-corrected chi connectivity index (χ1v) is 10.1. The Hall–Kier alpha value is -2.40. The van der Waals surface area contributed by atoms with Crippen LogP contribution < -0.4 is 15.5 Å². The number of hydrogen-bond donors (Lipinski definition) is 2. The highest BCUT2D eigenvalue weighted by atomic mass is 127. The molecule has 1 aromatic heterocycles. The number of nitrogens with zero attached hydrogens (tertiary/aromatic N) is 4. The summed E-state index contributed by atoms with van der Waals surface area (Å²) in [7, 11) is 5.25. The highest BCUT2D eigenvalue weighted by Gasteiger charge is 2.16. The van der Waals surface area contributed by atoms with E-state index in [-0.39, 0.29) is 29.9 Å². The second-order valence-electron chi connectivity index (χ2n) is 7.26. The lowest BCUT2D eigenvalue weighted by atomic mass is 10.1. The molecule has 1 amide bonds. The smallest absolute Gasteiger partial charge is 0.253 e. The van der Waals surface area contributed by atoms with Gasteiger partial charge in [-0.2, -0.15) is 0 Å². The number of ether oxygens (including phenoxy) is 1. The van der Waals surface area contributed by atoms with Crippen molar-refractivity contribution in [3.63, 3.8) is 0 Å². The largest absolute Gasteiger partial charge is 0.378 e. The standard InChI is InChI=1S/C22H30N6O2.HI/c1-23-22(25-15-17-6-8-18(9-7-17)21(29)27(2)3)26-16-19-5-4-10-24-20(19)28-11-13-30-14-12-28;/h4-10H,11-16H2,1-3H3,(H2,23,25,26);1H. The van der Waals surface area contributed by atoms with Crippen LogP contribution in [-0.2, 0) is 17.8 Å². The normalized spacial score (nSPS) is 13.9. The van der Waals surface area contributed by atoms with Gasteiger partial charge in [0.1, 0.15) is 5.82 Å². The first-order chi connectivity index (χ1) is 14.6. The quantitative estimate of drug-likeness (QED) is 0.333. The van der Waals surface area contributed by atoms with Gasteiger partial charge >= 0.3 is 0 Å². The summed E-state index contributed by atoms with van der Waals surface area (Å²) in [5.74, 6) is 1.70. The van der Waals surface area contributed by atoms with Crippen LogP contribution in [0.5, 0.6) is 0 Å². The van der Waals surface area contributed by atoms with Gasteiger partial charge in [-0.3, -0.25) is 9.79 Å². The van der Waals surface area contributed by atoms with E-state index in [0.29, 0.717) is 24.6 Å². The predicted molar refractivity (Wildman–Crippen MR) is 134 cm³/mol. The summed E-state index contributed by atoms with van der Waals surface area (Å²) in [5, 5.41) is 6.68. The molecule has 0 spiro atoms. The number of rotatable bonds is 6. The Bertz CT molecular complexity index is 867. The molecule has 0 bridgehead atoms. The zero-order chi connectivity index (χ0) is 21.3. The number of anilines is 1. The molecule has 1 saturated heterocycles. The molecule has 1 fully saturated rings. The zero-order valence-corrected chi connectivity index (χ0v) is 20.6. The topological polar surface area (TPSA) is 82.1 Å². The Morgan fingerprint density at radius 1 is 1.13 bits per heavy atom. The Labute approximate surface area is 201 Å². The lowest BCUT2D eigenvalue weighted by Crippen LogP contribution is -2.39. The zero-order valence-electron chi connectivity index (χ0n) is 18.3. The average Bonchev–Trinajstić information content (AvgIpc) is 2.80. The SMILES string of the molecule is CN=C(NCc1ccc(C(=O)N(C)C)cc1)NCc1cccnc1N1CCOCC1.I. The first kappa shape index (κ1) is 24.9. The van der Waals surface area contributed by atoms with E-state index in [1.54, 1.807) is 26.0 Å². The molecule has 0 saturated carbocycles. The number of amides is 1. The van der Waals surface area contributed by atoms with E-state index in [4.69, 9.17) is 4.74 Å². The Kier molecular flexibility index (Phi) is 9.99. The van der Waals surface area contributed by atoms with Crippen LogP contribution in [-0.4, -0.2) is 69.2 Å². The summed E-state index contributed by atoms with van der Waals surface area (Å²) in [6, 6.07) is 11.6. The molecule has 2 N–H and O–H groups in total. The molecule has 2 heterocycles. The molecule has 0 aliphatic carbocycles. The molecule has 0 radical (unpaired) electrons. The number of guanidine groups is 1. The highest BCUT2D eigenvalue weighted by Crippen LogP contribution is 2.18. The number of aromatic nitrogens is 1. The van der Waals surface area contributed by atoms with Crippen molar-refractivity contribution in [2.24, 2.45) is 4.99 Å². The van der Waals surface area contributed by atoms with Crippen LogP contribution in [0.3, 0.4) is 0 Å². The predicted octanol–water partition coefficient (Wildman–Crippen LogP) is 2.10. The second kappa shape index (κ2) is 12.5. The van der Waals surface area contributed by atoms with E-state index in [1.807, 2.05) is 36.5 Å². The summed E-state index contributed by atoms with van der Waals surface area (Å²) in [6.45, 7) is 4.39. The maximum Gasteiger partial charge on any atom is 0.253 e. The molecular formula is C22H31IN6O2. The van der Waals surface area contributed by atoms with E-state index in [0.717, 1.165) is 43.2 Å². The van der Waals surface area contributed by atoms with Crippen LogP contribution in [0.15, 0.2) is 47.6 Å². The number of nitrogens with one attached hydrogen (secondary N) is 2. The lowest BCUT2D eigenvalue weighted by Gasteiger charge is -2.29. The summed E-state index contributed by atoms with van der Waals surface area (Å²) in [5.41, 5.74) is 2.87. The molecular weight excluding hydrogens is 507 g/mol. The fourth-order valence-electron chi connectivity index (χ4n) is 3.24. The van der Waals surface area contributed by atoms with Crippen LogP contribution >= 0.6 is 24.0 Å². The maximum absolute atomic E-state index is 12.0. The second-order valence-corrected chi connectivity index (χ2v) is 7.26. The van der Waals surface area contributed by atoms with Crippen LogP contribution in [0.25, 0.3) is 0 Å². The highest BCUT2D eigenvalue weighted by molar-refractivity contribution is 14.0. The molecule has 0 unspecified atom stereocenters. The van der Waals surface area contributed by atoms with E-state index in [9.17, 15) is 4.79 Å². The van der Waals surface area contributed by atoms with Crippen molar-refractivity contribution in [2.75, 3.05) is 52.3 Å². The Morgan fingerprint density at radius 2 is 1.81 bits per heavy atom. The third-order valence-corrected chi connectivity index (χ3v) is 4.92. The van der Waals surface area contributed by atoms with Crippen LogP contribution in [0, 0.1) is 0 Å². The number of halogens is 1. The van der Waals surface area contributed by atoms with Gasteiger partial charge in [-0.05, 0) is 23.8 Å². The number of aliphatic imine (C=N–C) groups is 1. The summed E-state index contributed by atoms with van der Waals surface area (Å²) in [4.78, 5) is 24.7. The van der Waals surface area contributed by atoms with Gasteiger partial charge < -0.3 is 25.2 Å². The van der Waals surface area contributed by atoms with Gasteiger partial charge in [0.15, 0.2) is 5.96 Å². The monoisotopic (exact) mass is 538 g/mol. The van der Waals surface area contributed by atoms with Gasteiger partial charge in [-0.15, -0.1) is 24.0 Å². The number of carbonyl (C=O) groups is 1.